The Hall–Kier alpha value is -2.34. The minimum Gasteiger partial charge on any atom is -0.476 e. The van der Waals surface area contributed by atoms with E-state index in [9.17, 15) is 13.2 Å². The van der Waals surface area contributed by atoms with Gasteiger partial charge in [0.15, 0.2) is 10.4 Å². The maximum absolute atomic E-state index is 13.4. The van der Waals surface area contributed by atoms with E-state index in [1.165, 1.54) is 29.5 Å². The molecule has 174 valence electrons. The number of carbonyl (C=O) groups is 1. The number of rotatable bonds is 7. The molecule has 3 aromatic rings. The standard InChI is InChI=1S/C21H21ClN4O4S3/c1-13(2)12-31-21-25-24-20(32-21)23-19(27)18-11-26(16-10-14(22)8-9-17(16)30-18)33(28,29)15-6-4-3-5-7-15/h3-10,13,18H,11-12H2,1-2H3,(H,23,24,27). The fourth-order valence-corrected chi connectivity index (χ4v) is 6.44. The third-order valence-corrected chi connectivity index (χ3v) is 9.02. The summed E-state index contributed by atoms with van der Waals surface area (Å²) < 4.78 is 34.5. The smallest absolute Gasteiger partial charge is 0.269 e. The topological polar surface area (TPSA) is 101 Å². The maximum Gasteiger partial charge on any atom is 0.269 e. The zero-order valence-electron chi connectivity index (χ0n) is 17.8. The molecule has 33 heavy (non-hydrogen) atoms. The summed E-state index contributed by atoms with van der Waals surface area (Å²) in [5, 5.41) is 11.5. The number of nitrogens with one attached hydrogen (secondary N) is 1. The number of hydrogen-bond donors (Lipinski definition) is 1. The van der Waals surface area contributed by atoms with Crippen LogP contribution in [0.3, 0.4) is 0 Å². The Morgan fingerprint density at radius 3 is 2.76 bits per heavy atom. The predicted molar refractivity (Wildman–Crippen MR) is 131 cm³/mol. The number of nitrogens with zero attached hydrogens (tertiary/aromatic N) is 3. The molecule has 2 heterocycles. The Morgan fingerprint density at radius 2 is 2.03 bits per heavy atom. The molecule has 8 nitrogen and oxygen atoms in total. The summed E-state index contributed by atoms with van der Waals surface area (Å²) in [4.78, 5) is 13.1. The molecule has 0 saturated carbocycles. The van der Waals surface area contributed by atoms with E-state index in [1.54, 1.807) is 42.1 Å². The minimum absolute atomic E-state index is 0.105. The highest BCUT2D eigenvalue weighted by Crippen LogP contribution is 2.39. The van der Waals surface area contributed by atoms with Crippen LogP contribution in [-0.2, 0) is 14.8 Å². The van der Waals surface area contributed by atoms with Gasteiger partial charge in [0, 0.05) is 10.8 Å². The molecule has 0 saturated heterocycles. The van der Waals surface area contributed by atoms with Crippen LogP contribution in [-0.4, -0.2) is 42.9 Å². The van der Waals surface area contributed by atoms with E-state index < -0.39 is 22.0 Å². The van der Waals surface area contributed by atoms with Gasteiger partial charge in [-0.1, -0.05) is 66.7 Å². The molecular weight excluding hydrogens is 504 g/mol. The summed E-state index contributed by atoms with van der Waals surface area (Å²) in [6.07, 6.45) is -1.09. The molecule has 1 aliphatic rings. The van der Waals surface area contributed by atoms with Crippen molar-refractivity contribution in [2.75, 3.05) is 21.9 Å². The van der Waals surface area contributed by atoms with Crippen molar-refractivity contribution in [3.63, 3.8) is 0 Å². The van der Waals surface area contributed by atoms with Gasteiger partial charge in [-0.2, -0.15) is 0 Å². The lowest BCUT2D eigenvalue weighted by atomic mass is 10.2. The molecule has 1 unspecified atom stereocenters. The second kappa shape index (κ2) is 9.88. The van der Waals surface area contributed by atoms with Gasteiger partial charge >= 0.3 is 0 Å². The maximum atomic E-state index is 13.4. The van der Waals surface area contributed by atoms with Crippen LogP contribution in [0.5, 0.6) is 5.75 Å². The van der Waals surface area contributed by atoms with Crippen LogP contribution in [0.15, 0.2) is 57.8 Å². The number of amides is 1. The van der Waals surface area contributed by atoms with E-state index in [-0.39, 0.29) is 22.9 Å². The summed E-state index contributed by atoms with van der Waals surface area (Å²) in [5.41, 5.74) is 0.277. The number of halogens is 1. The highest BCUT2D eigenvalue weighted by molar-refractivity contribution is 8.01. The molecule has 12 heteroatoms. The highest BCUT2D eigenvalue weighted by atomic mass is 35.5. The lowest BCUT2D eigenvalue weighted by Gasteiger charge is -2.34. The van der Waals surface area contributed by atoms with Crippen LogP contribution in [0, 0.1) is 5.92 Å². The van der Waals surface area contributed by atoms with Crippen LogP contribution >= 0.6 is 34.7 Å². The second-order valence-corrected chi connectivity index (χ2v) is 12.2. The zero-order chi connectivity index (χ0) is 23.6. The number of fused-ring (bicyclic) bond motifs is 1. The molecule has 1 atom stereocenters. The van der Waals surface area contributed by atoms with Gasteiger partial charge in [0.25, 0.3) is 15.9 Å². The molecule has 1 aromatic heterocycles. The molecule has 4 rings (SSSR count). The summed E-state index contributed by atoms with van der Waals surface area (Å²) in [7, 11) is -3.96. The molecule has 1 aliphatic heterocycles. The Balaban J connectivity index is 1.58. The average Bonchev–Trinajstić information content (AvgIpc) is 3.24. The largest absolute Gasteiger partial charge is 0.476 e. The van der Waals surface area contributed by atoms with Crippen molar-refractivity contribution in [3.8, 4) is 5.75 Å². The molecule has 1 N–H and O–H groups in total. The van der Waals surface area contributed by atoms with Crippen molar-refractivity contribution < 1.29 is 17.9 Å². The van der Waals surface area contributed by atoms with Gasteiger partial charge in [0.1, 0.15) is 5.75 Å². The number of sulfonamides is 1. The molecule has 0 fully saturated rings. The van der Waals surface area contributed by atoms with E-state index in [0.717, 1.165) is 14.4 Å². The Labute approximate surface area is 205 Å². The molecule has 1 amide bonds. The lowest BCUT2D eigenvalue weighted by molar-refractivity contribution is -0.122. The fraction of sp³-hybridized carbons (Fsp3) is 0.286. The first-order valence-electron chi connectivity index (χ1n) is 10.0. The summed E-state index contributed by atoms with van der Waals surface area (Å²) in [6, 6.07) is 12.7. The number of thioether (sulfide) groups is 1. The van der Waals surface area contributed by atoms with Gasteiger partial charge < -0.3 is 4.74 Å². The third kappa shape index (κ3) is 5.43. The molecule has 2 aromatic carbocycles. The number of ether oxygens (including phenoxy) is 1. The molecule has 0 spiro atoms. The van der Waals surface area contributed by atoms with Gasteiger partial charge in [0.2, 0.25) is 5.13 Å². The molecule has 0 aliphatic carbocycles. The first-order valence-corrected chi connectivity index (χ1v) is 13.7. The van der Waals surface area contributed by atoms with Crippen LogP contribution in [0.2, 0.25) is 5.02 Å². The van der Waals surface area contributed by atoms with Gasteiger partial charge in [-0.05, 0) is 36.2 Å². The Kier molecular flexibility index (Phi) is 7.13. The van der Waals surface area contributed by atoms with Crippen molar-refractivity contribution in [2.24, 2.45) is 5.92 Å². The van der Waals surface area contributed by atoms with Gasteiger partial charge in [-0.25, -0.2) is 8.42 Å². The normalized spacial score (nSPS) is 15.8. The van der Waals surface area contributed by atoms with Crippen LogP contribution in [0.4, 0.5) is 10.8 Å². The highest BCUT2D eigenvalue weighted by Gasteiger charge is 2.38. The van der Waals surface area contributed by atoms with Gasteiger partial charge in [0.05, 0.1) is 17.1 Å². The van der Waals surface area contributed by atoms with E-state index in [1.807, 2.05) is 0 Å². The quantitative estimate of drug-likeness (QED) is 0.357. The molecule has 0 radical (unpaired) electrons. The summed E-state index contributed by atoms with van der Waals surface area (Å²) in [6.45, 7) is 4.00. The lowest BCUT2D eigenvalue weighted by Crippen LogP contribution is -2.48. The fourth-order valence-electron chi connectivity index (χ4n) is 3.05. The predicted octanol–water partition coefficient (Wildman–Crippen LogP) is 4.53. The number of aromatic nitrogens is 2. The van der Waals surface area contributed by atoms with Crippen LogP contribution < -0.4 is 14.4 Å². The van der Waals surface area contributed by atoms with Gasteiger partial charge in [-0.15, -0.1) is 10.2 Å². The van der Waals surface area contributed by atoms with Crippen molar-refractivity contribution >= 4 is 61.4 Å². The van der Waals surface area contributed by atoms with Crippen LogP contribution in [0.25, 0.3) is 0 Å². The first-order chi connectivity index (χ1) is 15.7. The number of benzene rings is 2. The van der Waals surface area contributed by atoms with E-state index in [4.69, 9.17) is 16.3 Å². The summed E-state index contributed by atoms with van der Waals surface area (Å²) >= 11 is 8.95. The van der Waals surface area contributed by atoms with Crippen molar-refractivity contribution in [1.29, 1.82) is 0 Å². The molecule has 0 bridgehead atoms. The van der Waals surface area contributed by atoms with E-state index in [2.05, 4.69) is 29.4 Å². The summed E-state index contributed by atoms with van der Waals surface area (Å²) in [5.74, 6) is 1.12. The van der Waals surface area contributed by atoms with Gasteiger partial charge in [-0.3, -0.25) is 14.4 Å². The van der Waals surface area contributed by atoms with E-state index in [0.29, 0.717) is 16.1 Å². The minimum atomic E-state index is -3.96. The monoisotopic (exact) mass is 524 g/mol. The Morgan fingerprint density at radius 1 is 1.27 bits per heavy atom. The first kappa shape index (κ1) is 23.8. The van der Waals surface area contributed by atoms with Crippen molar-refractivity contribution in [1.82, 2.24) is 10.2 Å². The van der Waals surface area contributed by atoms with Crippen molar-refractivity contribution in [2.45, 2.75) is 29.2 Å². The molecular formula is C21H21ClN4O4S3. The Bertz CT molecular complexity index is 1250. The number of anilines is 2. The van der Waals surface area contributed by atoms with Crippen molar-refractivity contribution in [3.05, 3.63) is 53.6 Å². The second-order valence-electron chi connectivity index (χ2n) is 7.63. The van der Waals surface area contributed by atoms with Crippen LogP contribution in [0.1, 0.15) is 13.8 Å². The zero-order valence-corrected chi connectivity index (χ0v) is 21.0. The number of hydrogen-bond acceptors (Lipinski definition) is 8. The third-order valence-electron chi connectivity index (χ3n) is 4.59. The number of carbonyl (C=O) groups excluding carboxylic acids is 1. The van der Waals surface area contributed by atoms with E-state index >= 15 is 0 Å². The SMILES string of the molecule is CC(C)CSc1nnc(NC(=O)C2CN(S(=O)(=O)c3ccccc3)c3cc(Cl)ccc3O2)s1. The average molecular weight is 525 g/mol.